The Kier molecular flexibility index (Phi) is 5.66. The number of amides is 1. The summed E-state index contributed by atoms with van der Waals surface area (Å²) in [5.74, 6) is -0.0801. The highest BCUT2D eigenvalue weighted by Gasteiger charge is 2.30. The highest BCUT2D eigenvalue weighted by molar-refractivity contribution is 8.15. The minimum Gasteiger partial charge on any atom is -0.303 e. The number of aryl methyl sites for hydroxylation is 1. The van der Waals surface area contributed by atoms with E-state index in [2.05, 4.69) is 21.6 Å². The van der Waals surface area contributed by atoms with Crippen molar-refractivity contribution >= 4 is 34.2 Å². The molecule has 1 aliphatic rings. The third-order valence-electron chi connectivity index (χ3n) is 4.07. The SMILES string of the molecule is C/C(=N/N=C1\NC(=O)[C@H](Cc2cccc(C)c2)S1)c1ccc([N+](=O)[O-])cc1. The molecule has 0 radical (unpaired) electrons. The Hall–Kier alpha value is -3.00. The third-order valence-corrected chi connectivity index (χ3v) is 5.14. The average molecular weight is 382 g/mol. The first-order valence-corrected chi connectivity index (χ1v) is 9.20. The van der Waals surface area contributed by atoms with Gasteiger partial charge in [-0.3, -0.25) is 14.9 Å². The van der Waals surface area contributed by atoms with Crippen molar-refractivity contribution in [1.29, 1.82) is 0 Å². The van der Waals surface area contributed by atoms with Crippen LogP contribution in [0.4, 0.5) is 5.69 Å². The molecule has 2 aromatic carbocycles. The number of nitrogens with one attached hydrogen (secondary N) is 1. The number of nitro benzene ring substituents is 1. The predicted octanol–water partition coefficient (Wildman–Crippen LogP) is 3.46. The number of amidine groups is 1. The molecule has 1 aliphatic heterocycles. The fraction of sp³-hybridized carbons (Fsp3) is 0.211. The molecular formula is C19H18N4O3S. The van der Waals surface area contributed by atoms with Gasteiger partial charge in [0.25, 0.3) is 5.69 Å². The summed E-state index contributed by atoms with van der Waals surface area (Å²) in [7, 11) is 0. The van der Waals surface area contributed by atoms with Gasteiger partial charge in [0.2, 0.25) is 5.91 Å². The molecule has 0 saturated carbocycles. The molecule has 0 aliphatic carbocycles. The summed E-state index contributed by atoms with van der Waals surface area (Å²) in [5, 5.41) is 21.9. The minimum atomic E-state index is -0.449. The number of hydrogen-bond acceptors (Lipinski definition) is 6. The quantitative estimate of drug-likeness (QED) is 0.486. The molecule has 7 nitrogen and oxygen atoms in total. The summed E-state index contributed by atoms with van der Waals surface area (Å²) in [6.07, 6.45) is 0.627. The molecular weight excluding hydrogens is 364 g/mol. The Balaban J connectivity index is 1.67. The number of thioether (sulfide) groups is 1. The van der Waals surface area contributed by atoms with Gasteiger partial charge in [0.15, 0.2) is 5.17 Å². The molecule has 1 fully saturated rings. The van der Waals surface area contributed by atoms with Crippen molar-refractivity contribution in [3.8, 4) is 0 Å². The molecule has 1 heterocycles. The van der Waals surface area contributed by atoms with Gasteiger partial charge in [0, 0.05) is 12.1 Å². The molecule has 0 unspecified atom stereocenters. The van der Waals surface area contributed by atoms with Crippen LogP contribution in [0.3, 0.4) is 0 Å². The lowest BCUT2D eigenvalue weighted by molar-refractivity contribution is -0.384. The van der Waals surface area contributed by atoms with Crippen molar-refractivity contribution in [2.45, 2.75) is 25.5 Å². The van der Waals surface area contributed by atoms with Crippen LogP contribution in [0.15, 0.2) is 58.7 Å². The Morgan fingerprint density at radius 2 is 2.00 bits per heavy atom. The number of benzene rings is 2. The number of nitro groups is 1. The first-order valence-electron chi connectivity index (χ1n) is 8.32. The van der Waals surface area contributed by atoms with Gasteiger partial charge in [0.05, 0.1) is 15.9 Å². The standard InChI is InChI=1S/C19H18N4O3S/c1-12-4-3-5-14(10-12)11-17-18(24)20-19(27-17)22-21-13(2)15-6-8-16(9-7-15)23(25)26/h3-10,17H,11H2,1-2H3,(H,20,22,24)/b21-13-/t17-/m0/s1. The van der Waals surface area contributed by atoms with E-state index in [0.29, 0.717) is 17.3 Å². The van der Waals surface area contributed by atoms with Gasteiger partial charge in [0.1, 0.15) is 0 Å². The van der Waals surface area contributed by atoms with Crippen LogP contribution >= 0.6 is 11.8 Å². The van der Waals surface area contributed by atoms with Crippen molar-refractivity contribution in [2.24, 2.45) is 10.2 Å². The summed E-state index contributed by atoms with van der Waals surface area (Å²) in [6, 6.07) is 14.2. The molecule has 1 amide bonds. The molecule has 1 saturated heterocycles. The van der Waals surface area contributed by atoms with Gasteiger partial charge in [-0.15, -0.1) is 5.10 Å². The van der Waals surface area contributed by atoms with Gasteiger partial charge < -0.3 is 5.32 Å². The lowest BCUT2D eigenvalue weighted by atomic mass is 10.1. The Morgan fingerprint density at radius 1 is 1.26 bits per heavy atom. The second kappa shape index (κ2) is 8.13. The van der Waals surface area contributed by atoms with Gasteiger partial charge >= 0.3 is 0 Å². The van der Waals surface area contributed by atoms with Crippen molar-refractivity contribution in [1.82, 2.24) is 5.32 Å². The van der Waals surface area contributed by atoms with Crippen molar-refractivity contribution in [2.75, 3.05) is 0 Å². The molecule has 1 N–H and O–H groups in total. The van der Waals surface area contributed by atoms with E-state index in [1.807, 2.05) is 25.1 Å². The molecule has 27 heavy (non-hydrogen) atoms. The van der Waals surface area contributed by atoms with Crippen LogP contribution < -0.4 is 5.32 Å². The van der Waals surface area contributed by atoms with Crippen LogP contribution in [0.1, 0.15) is 23.6 Å². The van der Waals surface area contributed by atoms with Crippen molar-refractivity contribution < 1.29 is 9.72 Å². The van der Waals surface area contributed by atoms with Gasteiger partial charge in [-0.05, 0) is 43.5 Å². The van der Waals surface area contributed by atoms with E-state index in [0.717, 1.165) is 16.7 Å². The van der Waals surface area contributed by atoms with Crippen LogP contribution in [0.25, 0.3) is 0 Å². The molecule has 0 spiro atoms. The number of nitrogens with zero attached hydrogens (tertiary/aromatic N) is 3. The number of non-ortho nitro benzene ring substituents is 1. The van der Waals surface area contributed by atoms with E-state index in [4.69, 9.17) is 0 Å². The molecule has 0 bridgehead atoms. The highest BCUT2D eigenvalue weighted by Crippen LogP contribution is 2.24. The summed E-state index contributed by atoms with van der Waals surface area (Å²) in [5.41, 5.74) is 3.63. The first kappa shape index (κ1) is 18.8. The number of hydrogen-bond donors (Lipinski definition) is 1. The van der Waals surface area contributed by atoms with Crippen LogP contribution in [0.5, 0.6) is 0 Å². The summed E-state index contributed by atoms with van der Waals surface area (Å²) >= 11 is 1.36. The maximum absolute atomic E-state index is 12.2. The maximum Gasteiger partial charge on any atom is 0.269 e. The van der Waals surface area contributed by atoms with Crippen LogP contribution in [0, 0.1) is 17.0 Å². The zero-order valence-corrected chi connectivity index (χ0v) is 15.7. The lowest BCUT2D eigenvalue weighted by Crippen LogP contribution is -2.26. The molecule has 138 valence electrons. The Labute approximate surface area is 160 Å². The smallest absolute Gasteiger partial charge is 0.269 e. The van der Waals surface area contributed by atoms with Crippen LogP contribution in [0.2, 0.25) is 0 Å². The zero-order valence-electron chi connectivity index (χ0n) is 14.9. The van der Waals surface area contributed by atoms with E-state index in [1.54, 1.807) is 19.1 Å². The maximum atomic E-state index is 12.2. The fourth-order valence-electron chi connectivity index (χ4n) is 2.64. The number of rotatable bonds is 5. The molecule has 0 aromatic heterocycles. The molecule has 8 heteroatoms. The fourth-order valence-corrected chi connectivity index (χ4v) is 3.60. The summed E-state index contributed by atoms with van der Waals surface area (Å²) < 4.78 is 0. The first-order chi connectivity index (χ1) is 12.9. The van der Waals surface area contributed by atoms with Gasteiger partial charge in [-0.1, -0.05) is 41.6 Å². The normalized spacial score (nSPS) is 18.6. The largest absolute Gasteiger partial charge is 0.303 e. The van der Waals surface area contributed by atoms with Crippen molar-refractivity contribution in [3.63, 3.8) is 0 Å². The lowest BCUT2D eigenvalue weighted by Gasteiger charge is -2.05. The predicted molar refractivity (Wildman–Crippen MR) is 107 cm³/mol. The molecule has 2 aromatic rings. The second-order valence-corrected chi connectivity index (χ2v) is 7.37. The Bertz CT molecular complexity index is 938. The van der Waals surface area contributed by atoms with Crippen LogP contribution in [-0.4, -0.2) is 27.0 Å². The third kappa shape index (κ3) is 4.79. The van der Waals surface area contributed by atoms with E-state index in [1.165, 1.54) is 23.9 Å². The molecule has 3 rings (SSSR count). The summed E-state index contributed by atoms with van der Waals surface area (Å²) in [6.45, 7) is 3.78. The number of carbonyl (C=O) groups excluding carboxylic acids is 1. The van der Waals surface area contributed by atoms with Crippen molar-refractivity contribution in [3.05, 3.63) is 75.3 Å². The van der Waals surface area contributed by atoms with Gasteiger partial charge in [-0.2, -0.15) is 5.10 Å². The van der Waals surface area contributed by atoms with Gasteiger partial charge in [-0.25, -0.2) is 0 Å². The average Bonchev–Trinajstić information content (AvgIpc) is 2.99. The Morgan fingerprint density at radius 3 is 2.67 bits per heavy atom. The van der Waals surface area contributed by atoms with E-state index in [-0.39, 0.29) is 16.8 Å². The highest BCUT2D eigenvalue weighted by atomic mass is 32.2. The second-order valence-electron chi connectivity index (χ2n) is 6.18. The minimum absolute atomic E-state index is 0.0236. The van der Waals surface area contributed by atoms with E-state index >= 15 is 0 Å². The number of carbonyl (C=O) groups is 1. The summed E-state index contributed by atoms with van der Waals surface area (Å²) in [4.78, 5) is 22.4. The molecule has 1 atom stereocenters. The zero-order chi connectivity index (χ0) is 19.4. The van der Waals surface area contributed by atoms with Crippen LogP contribution in [-0.2, 0) is 11.2 Å². The topological polar surface area (TPSA) is 97.0 Å². The van der Waals surface area contributed by atoms with E-state index in [9.17, 15) is 14.9 Å². The van der Waals surface area contributed by atoms with E-state index < -0.39 is 4.92 Å². The monoisotopic (exact) mass is 382 g/mol.